The Hall–Kier alpha value is -0.940. The third kappa shape index (κ3) is 2.73. The number of hydrogen-bond acceptors (Lipinski definition) is 5. The van der Waals surface area contributed by atoms with E-state index in [1.165, 1.54) is 0 Å². The summed E-state index contributed by atoms with van der Waals surface area (Å²) in [7, 11) is 1.69. The molecule has 2 rings (SSSR count). The highest BCUT2D eigenvalue weighted by molar-refractivity contribution is 5.09. The van der Waals surface area contributed by atoms with Gasteiger partial charge in [-0.05, 0) is 37.5 Å². The summed E-state index contributed by atoms with van der Waals surface area (Å²) < 4.78 is 11.2. The summed E-state index contributed by atoms with van der Waals surface area (Å²) in [5, 5.41) is 4.17. The highest BCUT2D eigenvalue weighted by atomic mass is 16.5. The highest BCUT2D eigenvalue weighted by Gasteiger charge is 2.45. The Labute approximate surface area is 127 Å². The first kappa shape index (κ1) is 16.4. The molecule has 1 aliphatic carbocycles. The Balaban J connectivity index is 2.29. The lowest BCUT2D eigenvalue weighted by Gasteiger charge is -2.45. The Bertz CT molecular complexity index is 480. The van der Waals surface area contributed by atoms with Gasteiger partial charge in [-0.3, -0.25) is 0 Å². The standard InChI is InChI=1S/C16H29N3O2/c1-7-16(5,20-6)14-18-13(21-19-14)11-8-9-12(17)10(2)15(11,3)4/h10-12H,7-9,17H2,1-6H3. The Morgan fingerprint density at radius 2 is 2.10 bits per heavy atom. The lowest BCUT2D eigenvalue weighted by molar-refractivity contribution is -0.0106. The van der Waals surface area contributed by atoms with E-state index in [2.05, 4.69) is 37.8 Å². The van der Waals surface area contributed by atoms with Crippen molar-refractivity contribution in [1.29, 1.82) is 0 Å². The number of hydrogen-bond donors (Lipinski definition) is 1. The molecule has 5 nitrogen and oxygen atoms in total. The largest absolute Gasteiger partial charge is 0.370 e. The van der Waals surface area contributed by atoms with E-state index in [0.717, 1.165) is 25.2 Å². The third-order valence-electron chi connectivity index (χ3n) is 5.84. The zero-order chi connectivity index (χ0) is 15.8. The predicted octanol–water partition coefficient (Wildman–Crippen LogP) is 3.21. The Kier molecular flexibility index (Phi) is 4.45. The van der Waals surface area contributed by atoms with Crippen molar-refractivity contribution in [1.82, 2.24) is 10.1 Å². The Morgan fingerprint density at radius 3 is 2.67 bits per heavy atom. The van der Waals surface area contributed by atoms with Crippen molar-refractivity contribution in [3.63, 3.8) is 0 Å². The van der Waals surface area contributed by atoms with Crippen LogP contribution >= 0.6 is 0 Å². The SMILES string of the molecule is CCC(C)(OC)c1noc(C2CCC(N)C(C)C2(C)C)n1. The van der Waals surface area contributed by atoms with Crippen LogP contribution in [0.4, 0.5) is 0 Å². The number of nitrogens with two attached hydrogens (primary N) is 1. The van der Waals surface area contributed by atoms with Crippen molar-refractivity contribution in [2.45, 2.75) is 71.4 Å². The molecule has 120 valence electrons. The molecular weight excluding hydrogens is 266 g/mol. The van der Waals surface area contributed by atoms with Gasteiger partial charge in [-0.25, -0.2) is 0 Å². The molecule has 1 aromatic rings. The van der Waals surface area contributed by atoms with Crippen LogP contribution < -0.4 is 5.73 Å². The van der Waals surface area contributed by atoms with E-state index in [1.54, 1.807) is 7.11 Å². The first-order chi connectivity index (χ1) is 9.76. The zero-order valence-corrected chi connectivity index (χ0v) is 14.1. The van der Waals surface area contributed by atoms with Crippen LogP contribution in [0, 0.1) is 11.3 Å². The minimum Gasteiger partial charge on any atom is -0.370 e. The second-order valence-electron chi connectivity index (χ2n) is 7.15. The Morgan fingerprint density at radius 1 is 1.43 bits per heavy atom. The molecule has 0 radical (unpaired) electrons. The maximum atomic E-state index is 6.23. The van der Waals surface area contributed by atoms with E-state index in [0.29, 0.717) is 11.7 Å². The van der Waals surface area contributed by atoms with Crippen molar-refractivity contribution < 1.29 is 9.26 Å². The van der Waals surface area contributed by atoms with Gasteiger partial charge in [0.2, 0.25) is 11.7 Å². The monoisotopic (exact) mass is 295 g/mol. The second-order valence-corrected chi connectivity index (χ2v) is 7.15. The predicted molar refractivity (Wildman–Crippen MR) is 81.8 cm³/mol. The summed E-state index contributed by atoms with van der Waals surface area (Å²) in [5.41, 5.74) is 5.79. The number of aromatic nitrogens is 2. The van der Waals surface area contributed by atoms with Gasteiger partial charge in [-0.1, -0.05) is 32.9 Å². The lowest BCUT2D eigenvalue weighted by atomic mass is 9.61. The average Bonchev–Trinajstić information content (AvgIpc) is 2.94. The fourth-order valence-corrected chi connectivity index (χ4v) is 3.28. The first-order valence-electron chi connectivity index (χ1n) is 7.91. The van der Waals surface area contributed by atoms with Gasteiger partial charge in [-0.15, -0.1) is 0 Å². The van der Waals surface area contributed by atoms with Crippen molar-refractivity contribution >= 4 is 0 Å². The quantitative estimate of drug-likeness (QED) is 0.923. The molecule has 1 fully saturated rings. The minimum absolute atomic E-state index is 0.0527. The van der Waals surface area contributed by atoms with Gasteiger partial charge >= 0.3 is 0 Å². The second kappa shape index (κ2) is 5.69. The van der Waals surface area contributed by atoms with Gasteiger partial charge in [0, 0.05) is 19.1 Å². The molecule has 0 bridgehead atoms. The van der Waals surface area contributed by atoms with Gasteiger partial charge in [0.15, 0.2) is 0 Å². The van der Waals surface area contributed by atoms with Crippen LogP contribution in [0.2, 0.25) is 0 Å². The number of nitrogens with zero attached hydrogens (tertiary/aromatic N) is 2. The molecule has 1 heterocycles. The van der Waals surface area contributed by atoms with E-state index >= 15 is 0 Å². The van der Waals surface area contributed by atoms with E-state index in [-0.39, 0.29) is 17.4 Å². The lowest BCUT2D eigenvalue weighted by Crippen LogP contribution is -2.45. The summed E-state index contributed by atoms with van der Waals surface area (Å²) in [6.45, 7) is 10.8. The van der Waals surface area contributed by atoms with Crippen LogP contribution in [0.3, 0.4) is 0 Å². The maximum Gasteiger partial charge on any atom is 0.230 e. The van der Waals surface area contributed by atoms with Crippen LogP contribution in [-0.2, 0) is 10.3 Å². The molecule has 2 N–H and O–H groups in total. The average molecular weight is 295 g/mol. The zero-order valence-electron chi connectivity index (χ0n) is 14.1. The van der Waals surface area contributed by atoms with Crippen LogP contribution in [0.1, 0.15) is 71.5 Å². The molecule has 1 saturated carbocycles. The molecule has 1 aromatic heterocycles. The van der Waals surface area contributed by atoms with Gasteiger partial charge in [0.05, 0.1) is 0 Å². The molecule has 0 amide bonds. The van der Waals surface area contributed by atoms with Gasteiger partial charge in [-0.2, -0.15) is 4.98 Å². The van der Waals surface area contributed by atoms with E-state index in [9.17, 15) is 0 Å². The van der Waals surface area contributed by atoms with Crippen molar-refractivity contribution in [3.8, 4) is 0 Å². The maximum absolute atomic E-state index is 6.23. The molecule has 21 heavy (non-hydrogen) atoms. The normalized spacial score (nSPS) is 31.9. The summed E-state index contributed by atoms with van der Waals surface area (Å²) in [5.74, 6) is 2.05. The molecular formula is C16H29N3O2. The summed E-state index contributed by atoms with van der Waals surface area (Å²) in [6.07, 6.45) is 2.80. The van der Waals surface area contributed by atoms with Crippen molar-refractivity contribution in [2.75, 3.05) is 7.11 Å². The summed E-state index contributed by atoms with van der Waals surface area (Å²) >= 11 is 0. The summed E-state index contributed by atoms with van der Waals surface area (Å²) in [4.78, 5) is 4.66. The molecule has 0 aliphatic heterocycles. The smallest absolute Gasteiger partial charge is 0.230 e. The molecule has 0 aromatic carbocycles. The van der Waals surface area contributed by atoms with Gasteiger partial charge in [0.25, 0.3) is 0 Å². The minimum atomic E-state index is -0.484. The molecule has 4 unspecified atom stereocenters. The van der Waals surface area contributed by atoms with E-state index < -0.39 is 5.60 Å². The van der Waals surface area contributed by atoms with Gasteiger partial charge in [0.1, 0.15) is 5.60 Å². The fourth-order valence-electron chi connectivity index (χ4n) is 3.28. The molecule has 5 heteroatoms. The number of methoxy groups -OCH3 is 1. The highest BCUT2D eigenvalue weighted by Crippen LogP contribution is 2.49. The molecule has 0 spiro atoms. The third-order valence-corrected chi connectivity index (χ3v) is 5.84. The van der Waals surface area contributed by atoms with Crippen LogP contribution in [0.5, 0.6) is 0 Å². The van der Waals surface area contributed by atoms with Crippen LogP contribution in [0.25, 0.3) is 0 Å². The van der Waals surface area contributed by atoms with E-state index in [4.69, 9.17) is 15.0 Å². The van der Waals surface area contributed by atoms with Crippen LogP contribution in [-0.4, -0.2) is 23.3 Å². The number of rotatable bonds is 4. The number of ether oxygens (including phenoxy) is 1. The van der Waals surface area contributed by atoms with Gasteiger partial charge < -0.3 is 15.0 Å². The van der Waals surface area contributed by atoms with Crippen molar-refractivity contribution in [2.24, 2.45) is 17.1 Å². The molecule has 1 aliphatic rings. The van der Waals surface area contributed by atoms with E-state index in [1.807, 2.05) is 6.92 Å². The molecule has 4 atom stereocenters. The first-order valence-corrected chi connectivity index (χ1v) is 7.91. The summed E-state index contributed by atoms with van der Waals surface area (Å²) in [6, 6.07) is 0.249. The molecule has 0 saturated heterocycles. The van der Waals surface area contributed by atoms with Crippen molar-refractivity contribution in [3.05, 3.63) is 11.7 Å². The van der Waals surface area contributed by atoms with Crippen LogP contribution in [0.15, 0.2) is 4.52 Å². The topological polar surface area (TPSA) is 74.2 Å². The fraction of sp³-hybridized carbons (Fsp3) is 0.875.